The van der Waals surface area contributed by atoms with E-state index in [1.165, 1.54) is 23.1 Å². The molecule has 1 N–H and O–H groups in total. The minimum Gasteiger partial charge on any atom is -0.406 e. The first-order chi connectivity index (χ1) is 19.3. The predicted octanol–water partition coefficient (Wildman–Crippen LogP) is 6.08. The van der Waals surface area contributed by atoms with Gasteiger partial charge in [0, 0.05) is 36.4 Å². The second-order valence-electron chi connectivity index (χ2n) is 10.6. The van der Waals surface area contributed by atoms with Crippen LogP contribution in [0.2, 0.25) is 0 Å². The monoisotopic (exact) mass is 580 g/mol. The third-order valence-electron chi connectivity index (χ3n) is 7.64. The average molecular weight is 581 g/mol. The number of ether oxygens (including phenoxy) is 2. The number of morpholine rings is 1. The van der Waals surface area contributed by atoms with E-state index in [4.69, 9.17) is 4.74 Å². The number of aliphatic hydroxyl groups excluding tert-OH is 1. The Bertz CT molecular complexity index is 1360. The normalized spacial score (nSPS) is 22.0. The largest absolute Gasteiger partial charge is 0.573 e. The molecule has 0 aromatic heterocycles. The predicted molar refractivity (Wildman–Crippen MR) is 142 cm³/mol. The van der Waals surface area contributed by atoms with Gasteiger partial charge in [0.2, 0.25) is 0 Å². The average Bonchev–Trinajstić information content (AvgIpc) is 3.21. The molecule has 0 saturated carbocycles. The Morgan fingerprint density at radius 3 is 2.49 bits per heavy atom. The van der Waals surface area contributed by atoms with Gasteiger partial charge in [0.1, 0.15) is 5.75 Å². The highest BCUT2D eigenvalue weighted by atomic mass is 19.4. The second kappa shape index (κ2) is 11.1. The smallest absolute Gasteiger partial charge is 0.406 e. The van der Waals surface area contributed by atoms with Crippen molar-refractivity contribution < 1.29 is 40.9 Å². The summed E-state index contributed by atoms with van der Waals surface area (Å²) in [5, 5.41) is 9.95. The first-order valence-corrected chi connectivity index (χ1v) is 13.3. The number of para-hydroxylation sites is 1. The molecule has 1 fully saturated rings. The van der Waals surface area contributed by atoms with E-state index >= 15 is 0 Å². The van der Waals surface area contributed by atoms with Crippen molar-refractivity contribution in [2.45, 2.75) is 43.5 Å². The topological polar surface area (TPSA) is 45.2 Å². The summed E-state index contributed by atoms with van der Waals surface area (Å²) >= 11 is 0. The van der Waals surface area contributed by atoms with Crippen LogP contribution in [0.3, 0.4) is 0 Å². The van der Waals surface area contributed by atoms with Crippen molar-refractivity contribution in [3.05, 3.63) is 89.5 Å². The number of benzene rings is 3. The zero-order valence-corrected chi connectivity index (χ0v) is 22.3. The number of rotatable bonds is 7. The third kappa shape index (κ3) is 6.41. The van der Waals surface area contributed by atoms with E-state index in [2.05, 4.69) is 9.64 Å². The van der Waals surface area contributed by atoms with Crippen molar-refractivity contribution in [1.82, 2.24) is 0 Å². The van der Waals surface area contributed by atoms with Gasteiger partial charge in [-0.25, -0.2) is 0 Å². The Hall–Kier alpha value is -3.44. The molecule has 41 heavy (non-hydrogen) atoms. The van der Waals surface area contributed by atoms with Gasteiger partial charge in [-0.1, -0.05) is 42.5 Å². The van der Waals surface area contributed by atoms with Gasteiger partial charge in [0.15, 0.2) is 6.10 Å². The zero-order chi connectivity index (χ0) is 29.4. The van der Waals surface area contributed by atoms with Crippen LogP contribution < -0.4 is 14.5 Å². The number of β-amino-alcohol motifs (C(OH)–C–C–N with tert-alkyl or cyclic N) is 1. The van der Waals surface area contributed by atoms with Crippen LogP contribution in [0.4, 0.5) is 37.7 Å². The van der Waals surface area contributed by atoms with E-state index in [1.807, 2.05) is 31.2 Å². The van der Waals surface area contributed by atoms with Crippen LogP contribution in [0.15, 0.2) is 72.8 Å². The van der Waals surface area contributed by atoms with Crippen molar-refractivity contribution in [2.24, 2.45) is 0 Å². The van der Waals surface area contributed by atoms with Crippen LogP contribution in [0.1, 0.15) is 23.6 Å². The lowest BCUT2D eigenvalue weighted by atomic mass is 9.71. The first kappa shape index (κ1) is 29.1. The number of alkyl halides is 6. The first-order valence-electron chi connectivity index (χ1n) is 13.3. The highest BCUT2D eigenvalue weighted by Crippen LogP contribution is 2.48. The standard InChI is InChI=1S/C30H30F6N2O3/c1-20-17-37(12-13-40-20)23-8-4-6-21(14-23)16-28(22-7-5-9-24(15-22)41-30(34,35)36)19-38(18-27(39)29(31,32)33)26-11-3-2-10-25(26)28/h2-11,14-15,20,27,39H,12-13,16-19H2,1H3. The summed E-state index contributed by atoms with van der Waals surface area (Å²) in [4.78, 5) is 3.65. The van der Waals surface area contributed by atoms with Gasteiger partial charge < -0.3 is 24.4 Å². The molecule has 0 aliphatic carbocycles. The van der Waals surface area contributed by atoms with Gasteiger partial charge in [0.05, 0.1) is 19.3 Å². The lowest BCUT2D eigenvalue weighted by molar-refractivity contribution is -0.274. The number of hydrogen-bond acceptors (Lipinski definition) is 5. The van der Waals surface area contributed by atoms with E-state index in [-0.39, 0.29) is 19.1 Å². The van der Waals surface area contributed by atoms with E-state index in [0.717, 1.165) is 11.3 Å². The summed E-state index contributed by atoms with van der Waals surface area (Å²) in [7, 11) is 0. The molecule has 3 unspecified atom stereocenters. The van der Waals surface area contributed by atoms with Gasteiger partial charge in [0.25, 0.3) is 0 Å². The Balaban J connectivity index is 1.59. The van der Waals surface area contributed by atoms with Crippen LogP contribution in [-0.2, 0) is 16.6 Å². The van der Waals surface area contributed by atoms with E-state index in [1.54, 1.807) is 30.3 Å². The van der Waals surface area contributed by atoms with Crippen LogP contribution in [0, 0.1) is 0 Å². The molecular weight excluding hydrogens is 550 g/mol. The molecule has 5 rings (SSSR count). The maximum atomic E-state index is 13.4. The lowest BCUT2D eigenvalue weighted by Crippen LogP contribution is -2.44. The Kier molecular flexibility index (Phi) is 7.86. The fourth-order valence-electron chi connectivity index (χ4n) is 5.88. The Morgan fingerprint density at radius 1 is 1.00 bits per heavy atom. The summed E-state index contributed by atoms with van der Waals surface area (Å²) < 4.78 is 89.4. The van der Waals surface area contributed by atoms with Gasteiger partial charge in [-0.05, 0) is 60.4 Å². The van der Waals surface area contributed by atoms with Crippen molar-refractivity contribution in [1.29, 1.82) is 0 Å². The number of nitrogens with zero attached hydrogens (tertiary/aromatic N) is 2. The molecule has 2 aliphatic rings. The summed E-state index contributed by atoms with van der Waals surface area (Å²) in [6.45, 7) is 3.24. The molecular formula is C30H30F6N2O3. The number of hydrogen-bond donors (Lipinski definition) is 1. The molecule has 11 heteroatoms. The molecule has 2 aliphatic heterocycles. The van der Waals surface area contributed by atoms with Gasteiger partial charge in [-0.3, -0.25) is 0 Å². The second-order valence-corrected chi connectivity index (χ2v) is 10.6. The Labute approximate surface area is 233 Å². The quantitative estimate of drug-likeness (QED) is 0.343. The Morgan fingerprint density at radius 2 is 1.76 bits per heavy atom. The van der Waals surface area contributed by atoms with E-state index in [0.29, 0.717) is 36.5 Å². The summed E-state index contributed by atoms with van der Waals surface area (Å²) in [6, 6.07) is 20.3. The molecule has 0 spiro atoms. The number of fused-ring (bicyclic) bond motifs is 1. The molecule has 2 heterocycles. The molecule has 3 atom stereocenters. The molecule has 5 nitrogen and oxygen atoms in total. The van der Waals surface area contributed by atoms with E-state index in [9.17, 15) is 31.4 Å². The maximum absolute atomic E-state index is 13.4. The van der Waals surface area contributed by atoms with E-state index < -0.39 is 36.4 Å². The molecule has 0 bridgehead atoms. The summed E-state index contributed by atoms with van der Waals surface area (Å²) in [5.41, 5.74) is 2.37. The van der Waals surface area contributed by atoms with Crippen molar-refractivity contribution >= 4 is 11.4 Å². The molecule has 3 aromatic carbocycles. The minimum atomic E-state index is -4.91. The molecule has 0 amide bonds. The number of aliphatic hydroxyl groups is 1. The lowest BCUT2D eigenvalue weighted by Gasteiger charge is -2.35. The minimum absolute atomic E-state index is 0.00771. The van der Waals surface area contributed by atoms with Gasteiger partial charge >= 0.3 is 12.5 Å². The van der Waals surface area contributed by atoms with Crippen molar-refractivity contribution in [3.8, 4) is 5.75 Å². The third-order valence-corrected chi connectivity index (χ3v) is 7.64. The van der Waals surface area contributed by atoms with Crippen molar-refractivity contribution in [3.63, 3.8) is 0 Å². The molecule has 0 radical (unpaired) electrons. The zero-order valence-electron chi connectivity index (χ0n) is 22.3. The van der Waals surface area contributed by atoms with Crippen LogP contribution in [0.25, 0.3) is 0 Å². The SMILES string of the molecule is CC1CN(c2cccc(CC3(c4cccc(OC(F)(F)F)c4)CN(CC(O)C(F)(F)F)c4ccccc43)c2)CCO1. The molecule has 1 saturated heterocycles. The highest BCUT2D eigenvalue weighted by Gasteiger charge is 2.47. The van der Waals surface area contributed by atoms with Crippen molar-refractivity contribution in [2.75, 3.05) is 42.6 Å². The van der Waals surface area contributed by atoms with Crippen LogP contribution in [-0.4, -0.2) is 62.6 Å². The van der Waals surface area contributed by atoms with Gasteiger partial charge in [-0.15, -0.1) is 13.2 Å². The number of anilines is 2. The highest BCUT2D eigenvalue weighted by molar-refractivity contribution is 5.67. The fourth-order valence-corrected chi connectivity index (χ4v) is 5.88. The van der Waals surface area contributed by atoms with Crippen LogP contribution >= 0.6 is 0 Å². The van der Waals surface area contributed by atoms with Crippen LogP contribution in [0.5, 0.6) is 5.75 Å². The van der Waals surface area contributed by atoms with Gasteiger partial charge in [-0.2, -0.15) is 13.2 Å². The summed E-state index contributed by atoms with van der Waals surface area (Å²) in [5.74, 6) is -0.420. The fraction of sp³-hybridized carbons (Fsp3) is 0.400. The number of halogens is 6. The summed E-state index contributed by atoms with van der Waals surface area (Å²) in [6.07, 6.45) is -12.0. The molecule has 3 aromatic rings. The molecule has 220 valence electrons. The maximum Gasteiger partial charge on any atom is 0.573 e.